The van der Waals surface area contributed by atoms with E-state index in [9.17, 15) is 13.2 Å². The number of alkyl halides is 3. The lowest BCUT2D eigenvalue weighted by atomic mass is 10.1. The first-order chi connectivity index (χ1) is 10.5. The molecule has 118 valence electrons. The molecule has 2 aromatic rings. The van der Waals surface area contributed by atoms with Crippen LogP contribution in [-0.4, -0.2) is 32.8 Å². The van der Waals surface area contributed by atoms with E-state index in [0.29, 0.717) is 0 Å². The van der Waals surface area contributed by atoms with Crippen LogP contribution in [0.2, 0.25) is 0 Å². The molecule has 1 fully saturated rings. The molecule has 1 aliphatic rings. The van der Waals surface area contributed by atoms with Crippen LogP contribution in [0.4, 0.5) is 13.2 Å². The Morgan fingerprint density at radius 1 is 1.14 bits per heavy atom. The average Bonchev–Trinajstić information content (AvgIpc) is 2.99. The summed E-state index contributed by atoms with van der Waals surface area (Å²) in [6, 6.07) is 6.90. The van der Waals surface area contributed by atoms with Crippen molar-refractivity contribution >= 4 is 0 Å². The molecule has 0 unspecified atom stereocenters. The number of piperidine rings is 1. The molecule has 0 N–H and O–H groups in total. The molecule has 0 saturated carbocycles. The number of rotatable bonds is 3. The van der Waals surface area contributed by atoms with Gasteiger partial charge in [-0.15, -0.1) is 0 Å². The third kappa shape index (κ3) is 3.47. The van der Waals surface area contributed by atoms with E-state index in [1.165, 1.54) is 10.9 Å². The Balaban J connectivity index is 1.56. The van der Waals surface area contributed by atoms with Gasteiger partial charge in [0.1, 0.15) is 0 Å². The van der Waals surface area contributed by atoms with Crippen molar-refractivity contribution in [2.24, 2.45) is 0 Å². The van der Waals surface area contributed by atoms with E-state index >= 15 is 0 Å². The zero-order chi connectivity index (χ0) is 15.6. The molecule has 0 bridgehead atoms. The third-order valence-corrected chi connectivity index (χ3v) is 3.94. The summed E-state index contributed by atoms with van der Waals surface area (Å²) in [6.45, 7) is 2.45. The minimum absolute atomic E-state index is 0.0380. The Morgan fingerprint density at radius 2 is 1.91 bits per heavy atom. The summed E-state index contributed by atoms with van der Waals surface area (Å²) >= 11 is 0. The molecule has 1 saturated heterocycles. The molecule has 0 amide bonds. The lowest BCUT2D eigenvalue weighted by molar-refractivity contribution is -0.141. The van der Waals surface area contributed by atoms with Gasteiger partial charge in [-0.2, -0.15) is 18.3 Å². The van der Waals surface area contributed by atoms with E-state index in [2.05, 4.69) is 15.0 Å². The van der Waals surface area contributed by atoms with Gasteiger partial charge in [-0.3, -0.25) is 14.6 Å². The Hall–Kier alpha value is -1.89. The van der Waals surface area contributed by atoms with Crippen molar-refractivity contribution in [1.82, 2.24) is 19.7 Å². The van der Waals surface area contributed by atoms with Crippen molar-refractivity contribution in [3.63, 3.8) is 0 Å². The second-order valence-corrected chi connectivity index (χ2v) is 5.51. The maximum absolute atomic E-state index is 12.6. The van der Waals surface area contributed by atoms with E-state index < -0.39 is 11.9 Å². The average molecular weight is 310 g/mol. The highest BCUT2D eigenvalue weighted by atomic mass is 19.4. The molecule has 4 nitrogen and oxygen atoms in total. The van der Waals surface area contributed by atoms with Gasteiger partial charge < -0.3 is 0 Å². The van der Waals surface area contributed by atoms with Crippen LogP contribution in [-0.2, 0) is 12.7 Å². The zero-order valence-corrected chi connectivity index (χ0v) is 12.0. The Morgan fingerprint density at radius 3 is 2.50 bits per heavy atom. The molecular weight excluding hydrogens is 293 g/mol. The SMILES string of the molecule is FC(F)(F)c1ccn(C2CCN(Cc3ccccn3)CC2)n1. The highest BCUT2D eigenvalue weighted by Crippen LogP contribution is 2.29. The highest BCUT2D eigenvalue weighted by molar-refractivity contribution is 5.05. The molecule has 0 spiro atoms. The van der Waals surface area contributed by atoms with Crippen LogP contribution >= 0.6 is 0 Å². The van der Waals surface area contributed by atoms with Gasteiger partial charge in [-0.05, 0) is 31.0 Å². The lowest BCUT2D eigenvalue weighted by Gasteiger charge is -2.31. The quantitative estimate of drug-likeness (QED) is 0.873. The third-order valence-electron chi connectivity index (χ3n) is 3.94. The smallest absolute Gasteiger partial charge is 0.297 e. The zero-order valence-electron chi connectivity index (χ0n) is 12.0. The molecule has 1 aliphatic heterocycles. The predicted molar refractivity (Wildman–Crippen MR) is 75.0 cm³/mol. The first-order valence-corrected chi connectivity index (χ1v) is 7.27. The summed E-state index contributed by atoms with van der Waals surface area (Å²) in [7, 11) is 0. The van der Waals surface area contributed by atoms with Gasteiger partial charge in [-0.1, -0.05) is 6.07 Å². The van der Waals surface area contributed by atoms with Gasteiger partial charge in [-0.25, -0.2) is 0 Å². The standard InChI is InChI=1S/C15H17F3N4/c16-15(17,18)14-6-10-22(20-14)13-4-8-21(9-5-13)11-12-3-1-2-7-19-12/h1-3,6-7,10,13H,4-5,8-9,11H2. The van der Waals surface area contributed by atoms with Gasteiger partial charge in [0.05, 0.1) is 11.7 Å². The first-order valence-electron chi connectivity index (χ1n) is 7.27. The minimum Gasteiger partial charge on any atom is -0.297 e. The van der Waals surface area contributed by atoms with Gasteiger partial charge >= 0.3 is 6.18 Å². The molecule has 22 heavy (non-hydrogen) atoms. The second-order valence-electron chi connectivity index (χ2n) is 5.51. The van der Waals surface area contributed by atoms with Gasteiger partial charge in [0.2, 0.25) is 0 Å². The van der Waals surface area contributed by atoms with E-state index in [-0.39, 0.29) is 6.04 Å². The van der Waals surface area contributed by atoms with Crippen LogP contribution in [0.25, 0.3) is 0 Å². The van der Waals surface area contributed by atoms with Crippen molar-refractivity contribution in [3.05, 3.63) is 48.0 Å². The summed E-state index contributed by atoms with van der Waals surface area (Å²) in [5, 5.41) is 3.68. The van der Waals surface area contributed by atoms with Crippen LogP contribution in [0.3, 0.4) is 0 Å². The predicted octanol–water partition coefficient (Wildman–Crippen LogP) is 3.13. The summed E-state index contributed by atoms with van der Waals surface area (Å²) in [6.07, 6.45) is 0.426. The van der Waals surface area contributed by atoms with Gasteiger partial charge in [0, 0.05) is 32.0 Å². The second kappa shape index (κ2) is 6.08. The number of pyridine rings is 1. The fourth-order valence-electron chi connectivity index (χ4n) is 2.76. The summed E-state index contributed by atoms with van der Waals surface area (Å²) in [5.41, 5.74) is 0.197. The summed E-state index contributed by atoms with van der Waals surface area (Å²) < 4.78 is 39.2. The van der Waals surface area contributed by atoms with Gasteiger partial charge in [0.25, 0.3) is 0 Å². The fourth-order valence-corrected chi connectivity index (χ4v) is 2.76. The van der Waals surface area contributed by atoms with Crippen LogP contribution in [0.5, 0.6) is 0 Å². The minimum atomic E-state index is -4.37. The normalized spacial score (nSPS) is 17.8. The Labute approximate surface area is 126 Å². The van der Waals surface area contributed by atoms with Crippen molar-refractivity contribution in [1.29, 1.82) is 0 Å². The summed E-state index contributed by atoms with van der Waals surface area (Å²) in [5.74, 6) is 0. The van der Waals surface area contributed by atoms with E-state index in [0.717, 1.165) is 44.2 Å². The number of nitrogens with zero attached hydrogens (tertiary/aromatic N) is 4. The van der Waals surface area contributed by atoms with Crippen molar-refractivity contribution < 1.29 is 13.2 Å². The van der Waals surface area contributed by atoms with Gasteiger partial charge in [0.15, 0.2) is 5.69 Å². The molecule has 0 aliphatic carbocycles. The molecule has 0 atom stereocenters. The Kier molecular flexibility index (Phi) is 4.15. The lowest BCUT2D eigenvalue weighted by Crippen LogP contribution is -2.34. The Bertz CT molecular complexity index is 601. The molecule has 3 heterocycles. The molecule has 0 radical (unpaired) electrons. The fraction of sp³-hybridized carbons (Fsp3) is 0.467. The van der Waals surface area contributed by atoms with Crippen LogP contribution in [0, 0.1) is 0 Å². The molecular formula is C15H17F3N4. The molecule has 2 aromatic heterocycles. The molecule has 0 aromatic carbocycles. The maximum atomic E-state index is 12.6. The number of hydrogen-bond donors (Lipinski definition) is 0. The van der Waals surface area contributed by atoms with E-state index in [1.807, 2.05) is 18.2 Å². The number of likely N-dealkylation sites (tertiary alicyclic amines) is 1. The maximum Gasteiger partial charge on any atom is 0.435 e. The van der Waals surface area contributed by atoms with E-state index in [1.54, 1.807) is 6.20 Å². The van der Waals surface area contributed by atoms with Crippen molar-refractivity contribution in [2.75, 3.05) is 13.1 Å². The highest BCUT2D eigenvalue weighted by Gasteiger charge is 2.34. The molecule has 7 heteroatoms. The number of halogens is 3. The van der Waals surface area contributed by atoms with E-state index in [4.69, 9.17) is 0 Å². The number of hydrogen-bond acceptors (Lipinski definition) is 3. The topological polar surface area (TPSA) is 34.0 Å². The first kappa shape index (κ1) is 15.0. The van der Waals surface area contributed by atoms with Crippen LogP contribution < -0.4 is 0 Å². The summed E-state index contributed by atoms with van der Waals surface area (Å²) in [4.78, 5) is 6.57. The van der Waals surface area contributed by atoms with Crippen LogP contribution in [0.1, 0.15) is 30.3 Å². The van der Waals surface area contributed by atoms with Crippen molar-refractivity contribution in [3.8, 4) is 0 Å². The van der Waals surface area contributed by atoms with Crippen LogP contribution in [0.15, 0.2) is 36.7 Å². The molecule has 3 rings (SSSR count). The number of aromatic nitrogens is 3. The monoisotopic (exact) mass is 310 g/mol. The largest absolute Gasteiger partial charge is 0.435 e. The van der Waals surface area contributed by atoms with Crippen molar-refractivity contribution in [2.45, 2.75) is 31.6 Å².